The average Bonchev–Trinajstić information content (AvgIpc) is 2.78. The molecule has 2 amide bonds. The van der Waals surface area contributed by atoms with Crippen LogP contribution in [0.15, 0.2) is 24.3 Å². The molecule has 0 spiro atoms. The summed E-state index contributed by atoms with van der Waals surface area (Å²) in [5, 5.41) is 5.90. The van der Waals surface area contributed by atoms with Crippen molar-refractivity contribution < 1.29 is 4.79 Å². The predicted molar refractivity (Wildman–Crippen MR) is 73.6 cm³/mol. The van der Waals surface area contributed by atoms with E-state index in [2.05, 4.69) is 10.6 Å². The van der Waals surface area contributed by atoms with Crippen molar-refractivity contribution in [1.29, 1.82) is 0 Å². The van der Waals surface area contributed by atoms with Crippen LogP contribution in [-0.4, -0.2) is 18.1 Å². The number of amides is 2. The van der Waals surface area contributed by atoms with Crippen molar-refractivity contribution >= 4 is 11.7 Å². The van der Waals surface area contributed by atoms with Gasteiger partial charge in [0.15, 0.2) is 0 Å². The topological polar surface area (TPSA) is 67.2 Å². The van der Waals surface area contributed by atoms with Crippen LogP contribution in [0, 0.1) is 6.92 Å². The molecule has 0 unspecified atom stereocenters. The third kappa shape index (κ3) is 3.01. The molecule has 4 heteroatoms. The molecule has 1 aromatic rings. The van der Waals surface area contributed by atoms with Crippen LogP contribution in [0.3, 0.4) is 0 Å². The van der Waals surface area contributed by atoms with Gasteiger partial charge in [-0.25, -0.2) is 4.79 Å². The number of benzene rings is 1. The van der Waals surface area contributed by atoms with Gasteiger partial charge in [-0.1, -0.05) is 25.0 Å². The van der Waals surface area contributed by atoms with Crippen LogP contribution in [0.2, 0.25) is 0 Å². The Bertz CT molecular complexity index is 425. The van der Waals surface area contributed by atoms with Gasteiger partial charge in [0.05, 0.1) is 5.54 Å². The summed E-state index contributed by atoms with van der Waals surface area (Å²) in [6, 6.07) is 7.60. The van der Waals surface area contributed by atoms with E-state index in [0.717, 1.165) is 36.9 Å². The molecule has 1 aliphatic carbocycles. The fourth-order valence-electron chi connectivity index (χ4n) is 2.56. The van der Waals surface area contributed by atoms with Crippen molar-refractivity contribution in [3.63, 3.8) is 0 Å². The number of urea groups is 1. The van der Waals surface area contributed by atoms with Crippen LogP contribution in [-0.2, 0) is 0 Å². The lowest BCUT2D eigenvalue weighted by Crippen LogP contribution is -2.53. The molecule has 1 fully saturated rings. The van der Waals surface area contributed by atoms with Crippen molar-refractivity contribution in [2.75, 3.05) is 11.9 Å². The van der Waals surface area contributed by atoms with Gasteiger partial charge in [-0.2, -0.15) is 0 Å². The van der Waals surface area contributed by atoms with Crippen LogP contribution in [0.4, 0.5) is 10.5 Å². The first-order valence-corrected chi connectivity index (χ1v) is 6.49. The smallest absolute Gasteiger partial charge is 0.319 e. The number of nitrogens with one attached hydrogen (secondary N) is 2. The lowest BCUT2D eigenvalue weighted by Gasteiger charge is -2.28. The maximum atomic E-state index is 12.0. The van der Waals surface area contributed by atoms with Crippen LogP contribution < -0.4 is 16.4 Å². The summed E-state index contributed by atoms with van der Waals surface area (Å²) in [6.07, 6.45) is 4.24. The van der Waals surface area contributed by atoms with Crippen LogP contribution in [0.1, 0.15) is 31.2 Å². The summed E-state index contributed by atoms with van der Waals surface area (Å²) in [6.45, 7) is 2.51. The molecular weight excluding hydrogens is 226 g/mol. The van der Waals surface area contributed by atoms with E-state index < -0.39 is 0 Å². The molecule has 1 aromatic carbocycles. The molecule has 0 heterocycles. The van der Waals surface area contributed by atoms with E-state index in [0.29, 0.717) is 6.54 Å². The Labute approximate surface area is 108 Å². The first kappa shape index (κ1) is 12.9. The van der Waals surface area contributed by atoms with Gasteiger partial charge < -0.3 is 16.4 Å². The highest BCUT2D eigenvalue weighted by Gasteiger charge is 2.33. The normalized spacial score (nSPS) is 17.4. The summed E-state index contributed by atoms with van der Waals surface area (Å²) >= 11 is 0. The summed E-state index contributed by atoms with van der Waals surface area (Å²) in [7, 11) is 0. The second-order valence-corrected chi connectivity index (χ2v) is 5.14. The maximum Gasteiger partial charge on any atom is 0.319 e. The molecule has 18 heavy (non-hydrogen) atoms. The minimum atomic E-state index is -0.200. The zero-order valence-corrected chi connectivity index (χ0v) is 10.8. The number of aryl methyl sites for hydroxylation is 1. The highest BCUT2D eigenvalue weighted by atomic mass is 16.2. The average molecular weight is 247 g/mol. The van der Waals surface area contributed by atoms with Gasteiger partial charge in [-0.3, -0.25) is 0 Å². The highest BCUT2D eigenvalue weighted by Crippen LogP contribution is 2.28. The third-order valence-electron chi connectivity index (χ3n) is 3.61. The van der Waals surface area contributed by atoms with Gasteiger partial charge in [0.1, 0.15) is 0 Å². The zero-order chi connectivity index (χ0) is 13.0. The van der Waals surface area contributed by atoms with Crippen LogP contribution >= 0.6 is 0 Å². The lowest BCUT2D eigenvalue weighted by molar-refractivity contribution is 0.237. The number of anilines is 1. The Morgan fingerprint density at radius 3 is 2.72 bits per heavy atom. The van der Waals surface area contributed by atoms with Crippen molar-refractivity contribution in [2.45, 2.75) is 38.1 Å². The van der Waals surface area contributed by atoms with E-state index in [-0.39, 0.29) is 11.6 Å². The monoisotopic (exact) mass is 247 g/mol. The first-order chi connectivity index (χ1) is 8.63. The summed E-state index contributed by atoms with van der Waals surface area (Å²) in [4.78, 5) is 12.0. The number of rotatable bonds is 3. The van der Waals surface area contributed by atoms with Crippen LogP contribution in [0.25, 0.3) is 0 Å². The number of hydrogen-bond donors (Lipinski definition) is 3. The van der Waals surface area contributed by atoms with Crippen molar-refractivity contribution in [2.24, 2.45) is 5.73 Å². The molecule has 1 saturated carbocycles. The van der Waals surface area contributed by atoms with Gasteiger partial charge >= 0.3 is 6.03 Å². The Hall–Kier alpha value is -1.55. The number of hydrogen-bond acceptors (Lipinski definition) is 2. The van der Waals surface area contributed by atoms with Crippen molar-refractivity contribution in [1.82, 2.24) is 5.32 Å². The van der Waals surface area contributed by atoms with Gasteiger partial charge in [0, 0.05) is 12.2 Å². The highest BCUT2D eigenvalue weighted by molar-refractivity contribution is 5.89. The van der Waals surface area contributed by atoms with Crippen LogP contribution in [0.5, 0.6) is 0 Å². The molecule has 4 nitrogen and oxygen atoms in total. The van der Waals surface area contributed by atoms with E-state index in [1.807, 2.05) is 31.2 Å². The minimum Gasteiger partial charge on any atom is -0.331 e. The molecule has 4 N–H and O–H groups in total. The summed E-state index contributed by atoms with van der Waals surface area (Å²) in [5.41, 5.74) is 7.54. The SMILES string of the molecule is Cc1cccc(NC(=O)NC2(CN)CCCC2)c1. The lowest BCUT2D eigenvalue weighted by atomic mass is 9.98. The summed E-state index contributed by atoms with van der Waals surface area (Å²) < 4.78 is 0. The van der Waals surface area contributed by atoms with Crippen molar-refractivity contribution in [3.8, 4) is 0 Å². The van der Waals surface area contributed by atoms with Gasteiger partial charge in [0.2, 0.25) is 0 Å². The largest absolute Gasteiger partial charge is 0.331 e. The minimum absolute atomic E-state index is 0.159. The Kier molecular flexibility index (Phi) is 3.87. The fraction of sp³-hybridized carbons (Fsp3) is 0.500. The third-order valence-corrected chi connectivity index (χ3v) is 3.61. The van der Waals surface area contributed by atoms with E-state index in [1.165, 1.54) is 0 Å². The second-order valence-electron chi connectivity index (χ2n) is 5.14. The van der Waals surface area contributed by atoms with Crippen molar-refractivity contribution in [3.05, 3.63) is 29.8 Å². The molecule has 0 aromatic heterocycles. The predicted octanol–water partition coefficient (Wildman–Crippen LogP) is 2.39. The molecule has 0 aliphatic heterocycles. The molecule has 1 aliphatic rings. The molecule has 0 bridgehead atoms. The molecular formula is C14H21N3O. The molecule has 0 radical (unpaired) electrons. The van der Waals surface area contributed by atoms with E-state index in [4.69, 9.17) is 5.73 Å². The number of nitrogens with two attached hydrogens (primary N) is 1. The fourth-order valence-corrected chi connectivity index (χ4v) is 2.56. The zero-order valence-electron chi connectivity index (χ0n) is 10.8. The van der Waals surface area contributed by atoms with Gasteiger partial charge in [0.25, 0.3) is 0 Å². The van der Waals surface area contributed by atoms with Gasteiger partial charge in [-0.15, -0.1) is 0 Å². The van der Waals surface area contributed by atoms with Gasteiger partial charge in [-0.05, 0) is 37.5 Å². The Balaban J connectivity index is 1.96. The second kappa shape index (κ2) is 5.40. The maximum absolute atomic E-state index is 12.0. The number of carbonyl (C=O) groups excluding carboxylic acids is 1. The first-order valence-electron chi connectivity index (χ1n) is 6.49. The summed E-state index contributed by atoms with van der Waals surface area (Å²) in [5.74, 6) is 0. The Morgan fingerprint density at radius 2 is 2.11 bits per heavy atom. The molecule has 98 valence electrons. The standard InChI is InChI=1S/C14H21N3O/c1-11-5-4-6-12(9-11)16-13(18)17-14(10-15)7-2-3-8-14/h4-6,9H,2-3,7-8,10,15H2,1H3,(H2,16,17,18). The quantitative estimate of drug-likeness (QED) is 0.767. The number of carbonyl (C=O) groups is 1. The Morgan fingerprint density at radius 1 is 1.39 bits per heavy atom. The van der Waals surface area contributed by atoms with E-state index in [1.54, 1.807) is 0 Å². The molecule has 0 saturated heterocycles. The van der Waals surface area contributed by atoms with E-state index >= 15 is 0 Å². The molecule has 0 atom stereocenters. The molecule has 2 rings (SSSR count). The van der Waals surface area contributed by atoms with E-state index in [9.17, 15) is 4.79 Å².